The molecule has 1 atom stereocenters. The maximum Gasteiger partial charge on any atom is 0.355 e. The van der Waals surface area contributed by atoms with E-state index < -0.39 is 5.97 Å². The third-order valence-electron chi connectivity index (χ3n) is 3.10. The normalized spacial score (nSPS) is 12.6. The van der Waals surface area contributed by atoms with Gasteiger partial charge in [0, 0.05) is 11.4 Å². The Bertz CT molecular complexity index is 391. The molecule has 0 aromatic carbocycles. The summed E-state index contributed by atoms with van der Waals surface area (Å²) in [6.07, 6.45) is 2.19. The van der Waals surface area contributed by atoms with Gasteiger partial charge in [-0.05, 0) is 39.4 Å². The van der Waals surface area contributed by atoms with Crippen molar-refractivity contribution in [2.45, 2.75) is 39.7 Å². The molecule has 1 unspecified atom stereocenters. The lowest BCUT2D eigenvalue weighted by molar-refractivity contribution is 0.0691. The molecule has 6 heteroatoms. The first-order chi connectivity index (χ1) is 9.06. The van der Waals surface area contributed by atoms with Crippen molar-refractivity contribution in [1.82, 2.24) is 9.88 Å². The van der Waals surface area contributed by atoms with E-state index in [1.807, 2.05) is 0 Å². The minimum Gasteiger partial charge on any atom is -0.476 e. The molecule has 0 spiro atoms. The maximum absolute atomic E-state index is 10.7. The van der Waals surface area contributed by atoms with Crippen LogP contribution in [0.1, 0.15) is 44.1 Å². The van der Waals surface area contributed by atoms with E-state index in [1.54, 1.807) is 5.38 Å². The van der Waals surface area contributed by atoms with Gasteiger partial charge in [0.05, 0.1) is 0 Å². The Morgan fingerprint density at radius 1 is 1.53 bits per heavy atom. The summed E-state index contributed by atoms with van der Waals surface area (Å²) in [4.78, 5) is 17.1. The van der Waals surface area contributed by atoms with E-state index in [-0.39, 0.29) is 5.69 Å². The molecule has 5 nitrogen and oxygen atoms in total. The molecule has 0 aliphatic heterocycles. The summed E-state index contributed by atoms with van der Waals surface area (Å²) in [7, 11) is 0. The van der Waals surface area contributed by atoms with E-state index >= 15 is 0 Å². The van der Waals surface area contributed by atoms with Gasteiger partial charge in [-0.25, -0.2) is 9.78 Å². The van der Waals surface area contributed by atoms with Gasteiger partial charge in [-0.1, -0.05) is 13.8 Å². The number of anilines is 1. The van der Waals surface area contributed by atoms with E-state index in [1.165, 1.54) is 11.3 Å². The third kappa shape index (κ3) is 5.57. The van der Waals surface area contributed by atoms with Gasteiger partial charge in [0.2, 0.25) is 0 Å². The van der Waals surface area contributed by atoms with Gasteiger partial charge in [-0.3, -0.25) is 0 Å². The SMILES string of the molecule is CCN(CC)CCCC(C)Nc1nc(C(=O)O)cs1. The fraction of sp³-hybridized carbons (Fsp3) is 0.692. The van der Waals surface area contributed by atoms with Gasteiger partial charge in [0.1, 0.15) is 0 Å². The number of carboxylic acids is 1. The lowest BCUT2D eigenvalue weighted by Crippen LogP contribution is -2.25. The Hall–Kier alpha value is -1.14. The molecule has 0 saturated heterocycles. The minimum absolute atomic E-state index is 0.114. The highest BCUT2D eigenvalue weighted by atomic mass is 32.1. The van der Waals surface area contributed by atoms with Crippen LogP contribution in [-0.2, 0) is 0 Å². The quantitative estimate of drug-likeness (QED) is 0.730. The topological polar surface area (TPSA) is 65.5 Å². The zero-order chi connectivity index (χ0) is 14.3. The number of aromatic nitrogens is 1. The molecule has 1 aromatic heterocycles. The molecule has 1 rings (SSSR count). The van der Waals surface area contributed by atoms with Crippen molar-refractivity contribution in [2.75, 3.05) is 25.0 Å². The fourth-order valence-electron chi connectivity index (χ4n) is 1.88. The lowest BCUT2D eigenvalue weighted by Gasteiger charge is -2.19. The third-order valence-corrected chi connectivity index (χ3v) is 3.87. The minimum atomic E-state index is -0.974. The van der Waals surface area contributed by atoms with Crippen LogP contribution >= 0.6 is 11.3 Å². The van der Waals surface area contributed by atoms with Crippen LogP contribution in [0, 0.1) is 0 Å². The summed E-state index contributed by atoms with van der Waals surface area (Å²) in [6.45, 7) is 9.74. The summed E-state index contributed by atoms with van der Waals surface area (Å²) in [5.74, 6) is -0.974. The summed E-state index contributed by atoms with van der Waals surface area (Å²) >= 11 is 1.34. The lowest BCUT2D eigenvalue weighted by atomic mass is 10.2. The van der Waals surface area contributed by atoms with E-state index in [9.17, 15) is 4.79 Å². The van der Waals surface area contributed by atoms with Crippen LogP contribution in [0.3, 0.4) is 0 Å². The number of nitrogens with one attached hydrogen (secondary N) is 1. The Morgan fingerprint density at radius 2 is 2.21 bits per heavy atom. The Morgan fingerprint density at radius 3 is 2.74 bits per heavy atom. The first kappa shape index (κ1) is 15.9. The van der Waals surface area contributed by atoms with Crippen LogP contribution in [-0.4, -0.2) is 46.6 Å². The second kappa shape index (κ2) is 8.12. The molecule has 2 N–H and O–H groups in total. The Kier molecular flexibility index (Phi) is 6.80. The number of rotatable bonds is 9. The van der Waals surface area contributed by atoms with Crippen LogP contribution < -0.4 is 5.32 Å². The standard InChI is InChI=1S/C13H23N3O2S/c1-4-16(5-2)8-6-7-10(3)14-13-15-11(9-19-13)12(17)18/h9-10H,4-8H2,1-3H3,(H,14,15)(H,17,18). The highest BCUT2D eigenvalue weighted by Crippen LogP contribution is 2.17. The smallest absolute Gasteiger partial charge is 0.355 e. The molecule has 19 heavy (non-hydrogen) atoms. The van der Waals surface area contributed by atoms with Gasteiger partial charge < -0.3 is 15.3 Å². The van der Waals surface area contributed by atoms with E-state index in [2.05, 4.69) is 36.0 Å². The van der Waals surface area contributed by atoms with Gasteiger partial charge >= 0.3 is 5.97 Å². The summed E-state index contributed by atoms with van der Waals surface area (Å²) in [6, 6.07) is 0.309. The number of hydrogen-bond donors (Lipinski definition) is 2. The summed E-state index contributed by atoms with van der Waals surface area (Å²) in [5, 5.41) is 14.3. The van der Waals surface area contributed by atoms with Crippen molar-refractivity contribution in [3.63, 3.8) is 0 Å². The Labute approximate surface area is 118 Å². The number of nitrogens with zero attached hydrogens (tertiary/aromatic N) is 2. The molecular formula is C13H23N3O2S. The summed E-state index contributed by atoms with van der Waals surface area (Å²) < 4.78 is 0. The van der Waals surface area contributed by atoms with Crippen molar-refractivity contribution in [1.29, 1.82) is 0 Å². The largest absolute Gasteiger partial charge is 0.476 e. The first-order valence-electron chi connectivity index (χ1n) is 6.74. The monoisotopic (exact) mass is 285 g/mol. The van der Waals surface area contributed by atoms with Crippen molar-refractivity contribution in [3.05, 3.63) is 11.1 Å². The summed E-state index contributed by atoms with van der Waals surface area (Å²) in [5.41, 5.74) is 0.114. The molecule has 0 fully saturated rings. The zero-order valence-electron chi connectivity index (χ0n) is 11.8. The van der Waals surface area contributed by atoms with Crippen molar-refractivity contribution < 1.29 is 9.90 Å². The number of thiazole rings is 1. The average molecular weight is 285 g/mol. The van der Waals surface area contributed by atoms with Crippen LogP contribution in [0.15, 0.2) is 5.38 Å². The van der Waals surface area contributed by atoms with Crippen molar-refractivity contribution in [2.24, 2.45) is 0 Å². The van der Waals surface area contributed by atoms with Crippen LogP contribution in [0.4, 0.5) is 5.13 Å². The maximum atomic E-state index is 10.7. The molecule has 1 aromatic rings. The molecule has 0 radical (unpaired) electrons. The van der Waals surface area contributed by atoms with Gasteiger partial charge in [-0.2, -0.15) is 0 Å². The van der Waals surface area contributed by atoms with Gasteiger partial charge in [0.15, 0.2) is 10.8 Å². The number of hydrogen-bond acceptors (Lipinski definition) is 5. The molecule has 0 saturated carbocycles. The van der Waals surface area contributed by atoms with E-state index in [4.69, 9.17) is 5.11 Å². The van der Waals surface area contributed by atoms with Crippen LogP contribution in [0.5, 0.6) is 0 Å². The molecule has 0 aliphatic carbocycles. The predicted molar refractivity (Wildman–Crippen MR) is 79.2 cm³/mol. The van der Waals surface area contributed by atoms with Crippen molar-refractivity contribution >= 4 is 22.4 Å². The second-order valence-electron chi connectivity index (χ2n) is 4.56. The second-order valence-corrected chi connectivity index (χ2v) is 5.42. The highest BCUT2D eigenvalue weighted by Gasteiger charge is 2.10. The average Bonchev–Trinajstić information content (AvgIpc) is 2.83. The van der Waals surface area contributed by atoms with E-state index in [0.29, 0.717) is 11.2 Å². The molecule has 0 aliphatic rings. The van der Waals surface area contributed by atoms with E-state index in [0.717, 1.165) is 32.5 Å². The molecular weight excluding hydrogens is 262 g/mol. The predicted octanol–water partition coefficient (Wildman–Crippen LogP) is 2.76. The van der Waals surface area contributed by atoms with Crippen molar-refractivity contribution in [3.8, 4) is 0 Å². The molecule has 0 bridgehead atoms. The number of carbonyl (C=O) groups is 1. The zero-order valence-corrected chi connectivity index (χ0v) is 12.7. The molecule has 1 heterocycles. The number of carboxylic acid groups (broad SMARTS) is 1. The molecule has 108 valence electrons. The first-order valence-corrected chi connectivity index (χ1v) is 7.62. The highest BCUT2D eigenvalue weighted by molar-refractivity contribution is 7.13. The van der Waals surface area contributed by atoms with Gasteiger partial charge in [0.25, 0.3) is 0 Å². The molecule has 0 amide bonds. The Balaban J connectivity index is 2.30. The van der Waals surface area contributed by atoms with Gasteiger partial charge in [-0.15, -0.1) is 11.3 Å². The number of aromatic carboxylic acids is 1. The fourth-order valence-corrected chi connectivity index (χ4v) is 2.68. The van der Waals surface area contributed by atoms with Crippen LogP contribution in [0.25, 0.3) is 0 Å². The van der Waals surface area contributed by atoms with Crippen LogP contribution in [0.2, 0.25) is 0 Å².